The Morgan fingerprint density at radius 3 is 2.48 bits per heavy atom. The summed E-state index contributed by atoms with van der Waals surface area (Å²) in [7, 11) is 1.72. The molecule has 164 valence electrons. The molecule has 0 fully saturated rings. The first-order chi connectivity index (χ1) is 13.4. The molecule has 0 aromatic heterocycles. The van der Waals surface area contributed by atoms with Crippen molar-refractivity contribution in [2.75, 3.05) is 33.4 Å². The fourth-order valence-electron chi connectivity index (χ4n) is 2.52. The molecule has 1 aliphatic rings. The number of hydrogen-bond acceptors (Lipinski definition) is 5. The zero-order valence-electron chi connectivity index (χ0n) is 17.7. The van der Waals surface area contributed by atoms with Crippen LogP contribution in [0, 0.1) is 0 Å². The minimum Gasteiger partial charge on any atom is -0.490 e. The highest BCUT2D eigenvalue weighted by atomic mass is 127. The van der Waals surface area contributed by atoms with E-state index in [9.17, 15) is 4.79 Å². The van der Waals surface area contributed by atoms with Crippen LogP contribution in [0.2, 0.25) is 0 Å². The lowest BCUT2D eigenvalue weighted by Gasteiger charge is -2.19. The molecule has 0 saturated carbocycles. The van der Waals surface area contributed by atoms with Gasteiger partial charge in [0.15, 0.2) is 17.5 Å². The monoisotopic (exact) mass is 520 g/mol. The predicted molar refractivity (Wildman–Crippen MR) is 125 cm³/mol. The van der Waals surface area contributed by atoms with Crippen LogP contribution in [-0.4, -0.2) is 51.0 Å². The molecule has 1 heterocycles. The largest absolute Gasteiger partial charge is 0.490 e. The van der Waals surface area contributed by atoms with Gasteiger partial charge in [0.1, 0.15) is 5.60 Å². The maximum Gasteiger partial charge on any atom is 0.407 e. The molecule has 3 N–H and O–H groups in total. The number of benzene rings is 1. The number of hydrogen-bond donors (Lipinski definition) is 3. The third-order valence-electron chi connectivity index (χ3n) is 3.81. The molecule has 29 heavy (non-hydrogen) atoms. The quantitative estimate of drug-likeness (QED) is 0.231. The molecule has 9 heteroatoms. The van der Waals surface area contributed by atoms with Crippen LogP contribution in [0.1, 0.15) is 39.2 Å². The van der Waals surface area contributed by atoms with Crippen molar-refractivity contribution in [3.8, 4) is 11.5 Å². The zero-order chi connectivity index (χ0) is 20.4. The molecule has 1 aromatic rings. The number of carbonyl (C=O) groups is 1. The van der Waals surface area contributed by atoms with Gasteiger partial charge in [-0.15, -0.1) is 24.0 Å². The Morgan fingerprint density at radius 2 is 1.79 bits per heavy atom. The van der Waals surface area contributed by atoms with Gasteiger partial charge < -0.3 is 30.2 Å². The van der Waals surface area contributed by atoms with E-state index in [2.05, 4.69) is 20.9 Å². The molecular formula is C20H33IN4O4. The van der Waals surface area contributed by atoms with Gasteiger partial charge in [-0.1, -0.05) is 6.07 Å². The summed E-state index contributed by atoms with van der Waals surface area (Å²) in [5, 5.41) is 9.23. The summed E-state index contributed by atoms with van der Waals surface area (Å²) in [6.07, 6.45) is 1.25. The summed E-state index contributed by atoms with van der Waals surface area (Å²) in [6, 6.07) is 5.94. The number of guanidine groups is 1. The Labute approximate surface area is 190 Å². The molecule has 0 saturated heterocycles. The van der Waals surface area contributed by atoms with Crippen LogP contribution >= 0.6 is 24.0 Å². The van der Waals surface area contributed by atoms with Crippen molar-refractivity contribution >= 4 is 36.0 Å². The molecule has 0 atom stereocenters. The second-order valence-electron chi connectivity index (χ2n) is 7.47. The van der Waals surface area contributed by atoms with Crippen LogP contribution in [0.3, 0.4) is 0 Å². The SMILES string of the molecule is CN=C(NCCCNC(=O)OC(C)(C)C)NCc1ccc2c(c1)OCCCO2.I. The van der Waals surface area contributed by atoms with E-state index in [1.54, 1.807) is 7.05 Å². The number of alkyl carbamates (subject to hydrolysis) is 1. The van der Waals surface area contributed by atoms with Crippen LogP contribution in [-0.2, 0) is 11.3 Å². The van der Waals surface area contributed by atoms with Crippen molar-refractivity contribution in [3.63, 3.8) is 0 Å². The number of nitrogens with one attached hydrogen (secondary N) is 3. The average Bonchev–Trinajstić information content (AvgIpc) is 2.87. The van der Waals surface area contributed by atoms with E-state index in [4.69, 9.17) is 14.2 Å². The highest BCUT2D eigenvalue weighted by molar-refractivity contribution is 14.0. The summed E-state index contributed by atoms with van der Waals surface area (Å²) in [5.74, 6) is 2.28. The second kappa shape index (κ2) is 12.6. The van der Waals surface area contributed by atoms with Crippen LogP contribution in [0.4, 0.5) is 4.79 Å². The molecule has 8 nitrogen and oxygen atoms in total. The lowest BCUT2D eigenvalue weighted by molar-refractivity contribution is 0.0527. The van der Waals surface area contributed by atoms with Crippen molar-refractivity contribution in [1.82, 2.24) is 16.0 Å². The van der Waals surface area contributed by atoms with Gasteiger partial charge in [0.25, 0.3) is 0 Å². The third-order valence-corrected chi connectivity index (χ3v) is 3.81. The van der Waals surface area contributed by atoms with Crippen molar-refractivity contribution in [2.24, 2.45) is 4.99 Å². The molecule has 0 aliphatic carbocycles. The Kier molecular flexibility index (Phi) is 10.9. The van der Waals surface area contributed by atoms with Gasteiger partial charge in [-0.25, -0.2) is 4.79 Å². The van der Waals surface area contributed by atoms with Gasteiger partial charge in [-0.2, -0.15) is 0 Å². The van der Waals surface area contributed by atoms with Crippen molar-refractivity contribution in [3.05, 3.63) is 23.8 Å². The molecule has 1 aromatic carbocycles. The standard InChI is InChI=1S/C20H32N4O4.HI/c1-20(2,3)28-19(25)23-10-5-9-22-18(21-4)24-14-15-7-8-16-17(13-15)27-12-6-11-26-16;/h7-8,13H,5-6,9-12,14H2,1-4H3,(H,23,25)(H2,21,22,24);1H. The van der Waals surface area contributed by atoms with Gasteiger partial charge in [-0.3, -0.25) is 4.99 Å². The number of aliphatic imine (C=N–C) groups is 1. The molecular weight excluding hydrogens is 487 g/mol. The van der Waals surface area contributed by atoms with Gasteiger partial charge in [0.2, 0.25) is 0 Å². The maximum absolute atomic E-state index is 11.6. The van der Waals surface area contributed by atoms with E-state index >= 15 is 0 Å². The van der Waals surface area contributed by atoms with E-state index in [1.807, 2.05) is 39.0 Å². The first-order valence-corrected chi connectivity index (χ1v) is 9.67. The predicted octanol–water partition coefficient (Wildman–Crippen LogP) is 3.05. The number of halogens is 1. The van der Waals surface area contributed by atoms with Crippen molar-refractivity contribution in [1.29, 1.82) is 0 Å². The summed E-state index contributed by atoms with van der Waals surface area (Å²) in [5.41, 5.74) is 0.597. The van der Waals surface area contributed by atoms with E-state index in [1.165, 1.54) is 0 Å². The summed E-state index contributed by atoms with van der Waals surface area (Å²) in [6.45, 7) is 8.70. The van der Waals surface area contributed by atoms with Crippen LogP contribution < -0.4 is 25.4 Å². The average molecular weight is 520 g/mol. The van der Waals surface area contributed by atoms with Crippen LogP contribution in [0.5, 0.6) is 11.5 Å². The number of carbonyl (C=O) groups excluding carboxylic acids is 1. The number of rotatable bonds is 6. The Morgan fingerprint density at radius 1 is 1.10 bits per heavy atom. The molecule has 2 rings (SSSR count). The normalized spacial score (nSPS) is 13.6. The van der Waals surface area contributed by atoms with Crippen molar-refractivity contribution in [2.45, 2.75) is 45.8 Å². The smallest absolute Gasteiger partial charge is 0.407 e. The van der Waals surface area contributed by atoms with Gasteiger partial charge in [-0.05, 0) is 44.9 Å². The van der Waals surface area contributed by atoms with Crippen LogP contribution in [0.25, 0.3) is 0 Å². The fourth-order valence-corrected chi connectivity index (χ4v) is 2.52. The van der Waals surface area contributed by atoms with E-state index < -0.39 is 11.7 Å². The molecule has 0 unspecified atom stereocenters. The van der Waals surface area contributed by atoms with Gasteiger partial charge in [0.05, 0.1) is 13.2 Å². The zero-order valence-corrected chi connectivity index (χ0v) is 20.0. The van der Waals surface area contributed by atoms with E-state index in [0.717, 1.165) is 29.9 Å². The van der Waals surface area contributed by atoms with Crippen molar-refractivity contribution < 1.29 is 19.0 Å². The highest BCUT2D eigenvalue weighted by Crippen LogP contribution is 2.30. The Balaban J connectivity index is 0.00000420. The lowest BCUT2D eigenvalue weighted by Crippen LogP contribution is -2.39. The topological polar surface area (TPSA) is 93.2 Å². The van der Waals surface area contributed by atoms with Gasteiger partial charge in [0, 0.05) is 33.1 Å². The first-order valence-electron chi connectivity index (χ1n) is 9.67. The Bertz CT molecular complexity index is 677. The third kappa shape index (κ3) is 9.91. The number of amides is 1. The summed E-state index contributed by atoms with van der Waals surface area (Å²) >= 11 is 0. The van der Waals surface area contributed by atoms with E-state index in [-0.39, 0.29) is 24.0 Å². The fraction of sp³-hybridized carbons (Fsp3) is 0.600. The minimum atomic E-state index is -0.485. The molecule has 1 amide bonds. The summed E-state index contributed by atoms with van der Waals surface area (Å²) in [4.78, 5) is 15.8. The number of ether oxygens (including phenoxy) is 3. The molecule has 1 aliphatic heterocycles. The second-order valence-corrected chi connectivity index (χ2v) is 7.47. The number of nitrogens with zero attached hydrogens (tertiary/aromatic N) is 1. The van der Waals surface area contributed by atoms with Gasteiger partial charge >= 0.3 is 6.09 Å². The minimum absolute atomic E-state index is 0. The maximum atomic E-state index is 11.6. The molecule has 0 bridgehead atoms. The first kappa shape index (κ1) is 25.1. The Hall–Kier alpha value is -1.91. The molecule has 0 spiro atoms. The van der Waals surface area contributed by atoms with Crippen LogP contribution in [0.15, 0.2) is 23.2 Å². The highest BCUT2D eigenvalue weighted by Gasteiger charge is 2.15. The van der Waals surface area contributed by atoms with E-state index in [0.29, 0.717) is 38.8 Å². The molecule has 0 radical (unpaired) electrons. The lowest BCUT2D eigenvalue weighted by atomic mass is 10.2. The summed E-state index contributed by atoms with van der Waals surface area (Å²) < 4.78 is 16.6. The number of fused-ring (bicyclic) bond motifs is 1.